The van der Waals surface area contributed by atoms with Crippen LogP contribution >= 0.6 is 23.2 Å². The van der Waals surface area contributed by atoms with Crippen molar-refractivity contribution in [1.82, 2.24) is 4.90 Å². The third kappa shape index (κ3) is 5.72. The van der Waals surface area contributed by atoms with Crippen molar-refractivity contribution in [3.63, 3.8) is 0 Å². The van der Waals surface area contributed by atoms with Crippen LogP contribution in [-0.2, 0) is 14.3 Å². The molecule has 0 N–H and O–H groups in total. The van der Waals surface area contributed by atoms with Gasteiger partial charge >= 0.3 is 5.97 Å². The molecule has 0 bridgehead atoms. The van der Waals surface area contributed by atoms with Crippen molar-refractivity contribution < 1.29 is 28.3 Å². The SMILES string of the molecule is O=C(COC(=O)c1ccc(N2C(=O)CC(N3CCN(c4ccccc4F)CC3)C2=O)cc1)c1ccc(Cl)c(Cl)c1. The monoisotopic (exact) mass is 583 g/mol. The highest BCUT2D eigenvalue weighted by Crippen LogP contribution is 2.28. The molecule has 1 unspecified atom stereocenters. The molecule has 0 aromatic heterocycles. The highest BCUT2D eigenvalue weighted by atomic mass is 35.5. The van der Waals surface area contributed by atoms with Crippen LogP contribution in [0.5, 0.6) is 0 Å². The van der Waals surface area contributed by atoms with Gasteiger partial charge in [0.1, 0.15) is 5.82 Å². The van der Waals surface area contributed by atoms with Crippen molar-refractivity contribution in [2.75, 3.05) is 42.6 Å². The predicted octanol–water partition coefficient (Wildman–Crippen LogP) is 4.63. The van der Waals surface area contributed by atoms with Gasteiger partial charge in [-0.1, -0.05) is 35.3 Å². The number of ketones is 1. The molecule has 2 saturated heterocycles. The minimum Gasteiger partial charge on any atom is -0.454 e. The van der Waals surface area contributed by atoms with E-state index < -0.39 is 24.4 Å². The highest BCUT2D eigenvalue weighted by Gasteiger charge is 2.43. The van der Waals surface area contributed by atoms with E-state index in [0.29, 0.717) is 42.6 Å². The fourth-order valence-corrected chi connectivity index (χ4v) is 5.17. The van der Waals surface area contributed by atoms with Crippen LogP contribution in [0.2, 0.25) is 10.0 Å². The van der Waals surface area contributed by atoms with Gasteiger partial charge < -0.3 is 9.64 Å². The van der Waals surface area contributed by atoms with E-state index in [4.69, 9.17) is 27.9 Å². The lowest BCUT2D eigenvalue weighted by molar-refractivity contribution is -0.123. The summed E-state index contributed by atoms with van der Waals surface area (Å²) >= 11 is 11.8. The Morgan fingerprint density at radius 2 is 1.55 bits per heavy atom. The summed E-state index contributed by atoms with van der Waals surface area (Å²) in [7, 11) is 0. The van der Waals surface area contributed by atoms with E-state index in [1.165, 1.54) is 48.5 Å². The molecule has 2 aliphatic heterocycles. The van der Waals surface area contributed by atoms with Crippen molar-refractivity contribution >= 4 is 58.1 Å². The van der Waals surface area contributed by atoms with Gasteiger partial charge in [-0.2, -0.15) is 0 Å². The van der Waals surface area contributed by atoms with Crippen molar-refractivity contribution in [1.29, 1.82) is 0 Å². The van der Waals surface area contributed by atoms with E-state index in [2.05, 4.69) is 0 Å². The zero-order chi connectivity index (χ0) is 28.4. The molecule has 2 aliphatic rings. The number of carbonyl (C=O) groups is 4. The Morgan fingerprint density at radius 1 is 0.875 bits per heavy atom. The number of nitrogens with zero attached hydrogens (tertiary/aromatic N) is 3. The first-order valence-corrected chi connectivity index (χ1v) is 13.3. The second-order valence-corrected chi connectivity index (χ2v) is 10.3. The van der Waals surface area contributed by atoms with E-state index in [9.17, 15) is 23.6 Å². The Morgan fingerprint density at radius 3 is 2.23 bits per heavy atom. The number of imide groups is 1. The van der Waals surface area contributed by atoms with Gasteiger partial charge in [0.15, 0.2) is 12.4 Å². The molecule has 8 nitrogen and oxygen atoms in total. The minimum atomic E-state index is -0.732. The number of piperazine rings is 1. The first kappa shape index (κ1) is 27.8. The van der Waals surface area contributed by atoms with E-state index >= 15 is 0 Å². The second kappa shape index (κ2) is 11.8. The van der Waals surface area contributed by atoms with Gasteiger partial charge in [-0.3, -0.25) is 19.3 Å². The molecule has 0 aliphatic carbocycles. The lowest BCUT2D eigenvalue weighted by Gasteiger charge is -2.38. The Balaban J connectivity index is 1.17. The largest absolute Gasteiger partial charge is 0.454 e. The van der Waals surface area contributed by atoms with Crippen LogP contribution in [-0.4, -0.2) is 67.3 Å². The average molecular weight is 584 g/mol. The number of rotatable bonds is 7. The molecule has 1 atom stereocenters. The van der Waals surface area contributed by atoms with Gasteiger partial charge in [0, 0.05) is 31.7 Å². The van der Waals surface area contributed by atoms with Gasteiger partial charge in [-0.25, -0.2) is 14.1 Å². The molecule has 2 amide bonds. The standard InChI is InChI=1S/C29H24Cl2FN3O5/c30-21-10-7-19(15-22(21)31)26(36)17-40-29(39)18-5-8-20(9-6-18)35-27(37)16-25(28(35)38)34-13-11-33(12-14-34)24-4-2-1-3-23(24)32/h1-10,15,25H,11-14,16-17H2. The molecule has 0 radical (unpaired) electrons. The van der Waals surface area contributed by atoms with Crippen LogP contribution in [0.25, 0.3) is 0 Å². The summed E-state index contributed by atoms with van der Waals surface area (Å²) in [6.07, 6.45) is 0.0408. The summed E-state index contributed by atoms with van der Waals surface area (Å²) in [6.45, 7) is 1.59. The number of amides is 2. The Labute approximate surface area is 239 Å². The number of benzene rings is 3. The van der Waals surface area contributed by atoms with Gasteiger partial charge in [-0.15, -0.1) is 0 Å². The van der Waals surface area contributed by atoms with E-state index in [1.54, 1.807) is 18.2 Å². The molecule has 3 aromatic rings. The number of anilines is 2. The molecule has 0 spiro atoms. The van der Waals surface area contributed by atoms with E-state index in [-0.39, 0.29) is 40.2 Å². The number of Topliss-reactive ketones (excluding diaryl/α,β-unsaturated/α-hetero) is 1. The molecule has 206 valence electrons. The number of hydrogen-bond donors (Lipinski definition) is 0. The maximum atomic E-state index is 14.2. The van der Waals surface area contributed by atoms with E-state index in [1.807, 2.05) is 9.80 Å². The van der Waals surface area contributed by atoms with Crippen LogP contribution in [0.4, 0.5) is 15.8 Å². The third-order valence-corrected chi connectivity index (χ3v) is 7.75. The maximum Gasteiger partial charge on any atom is 0.338 e. The van der Waals surface area contributed by atoms with Crippen LogP contribution in [0.1, 0.15) is 27.1 Å². The summed E-state index contributed by atoms with van der Waals surface area (Å²) in [4.78, 5) is 55.9. The van der Waals surface area contributed by atoms with Crippen molar-refractivity contribution in [2.24, 2.45) is 0 Å². The molecule has 5 rings (SSSR count). The predicted molar refractivity (Wildman–Crippen MR) is 149 cm³/mol. The third-order valence-electron chi connectivity index (χ3n) is 7.01. The molecule has 40 heavy (non-hydrogen) atoms. The number of para-hydroxylation sites is 1. The molecule has 3 aromatic carbocycles. The maximum absolute atomic E-state index is 14.2. The summed E-state index contributed by atoms with van der Waals surface area (Å²) in [5.74, 6) is -2.15. The topological polar surface area (TPSA) is 87.2 Å². The Kier molecular flexibility index (Phi) is 8.16. The van der Waals surface area contributed by atoms with Gasteiger partial charge in [0.25, 0.3) is 5.91 Å². The zero-order valence-electron chi connectivity index (χ0n) is 21.2. The first-order chi connectivity index (χ1) is 19.2. The zero-order valence-corrected chi connectivity index (χ0v) is 22.7. The number of ether oxygens (including phenoxy) is 1. The first-order valence-electron chi connectivity index (χ1n) is 12.6. The van der Waals surface area contributed by atoms with Gasteiger partial charge in [-0.05, 0) is 54.6 Å². The smallest absolute Gasteiger partial charge is 0.338 e. The Bertz CT molecular complexity index is 1470. The van der Waals surface area contributed by atoms with Gasteiger partial charge in [0.2, 0.25) is 5.91 Å². The lowest BCUT2D eigenvalue weighted by atomic mass is 10.1. The summed E-state index contributed by atoms with van der Waals surface area (Å²) in [5, 5.41) is 0.520. The van der Waals surface area contributed by atoms with Crippen LogP contribution in [0.3, 0.4) is 0 Å². The van der Waals surface area contributed by atoms with Crippen LogP contribution < -0.4 is 9.80 Å². The molecule has 11 heteroatoms. The highest BCUT2D eigenvalue weighted by molar-refractivity contribution is 6.42. The van der Waals surface area contributed by atoms with Gasteiger partial charge in [0.05, 0.1) is 39.4 Å². The number of halogens is 3. The summed E-state index contributed by atoms with van der Waals surface area (Å²) in [6, 6.07) is 16.2. The summed E-state index contributed by atoms with van der Waals surface area (Å²) in [5.41, 5.74) is 1.28. The molecule has 0 saturated carbocycles. The van der Waals surface area contributed by atoms with Crippen LogP contribution in [0, 0.1) is 5.82 Å². The quantitative estimate of drug-likeness (QED) is 0.228. The van der Waals surface area contributed by atoms with Crippen molar-refractivity contribution in [3.8, 4) is 0 Å². The number of hydrogen-bond acceptors (Lipinski definition) is 7. The molecule has 2 fully saturated rings. The second-order valence-electron chi connectivity index (χ2n) is 9.44. The molecular weight excluding hydrogens is 560 g/mol. The average Bonchev–Trinajstić information content (AvgIpc) is 3.26. The van der Waals surface area contributed by atoms with Crippen molar-refractivity contribution in [2.45, 2.75) is 12.5 Å². The lowest BCUT2D eigenvalue weighted by Crippen LogP contribution is -2.52. The number of esters is 1. The molecular formula is C29H24Cl2FN3O5. The number of carbonyl (C=O) groups excluding carboxylic acids is 4. The molecule has 2 heterocycles. The minimum absolute atomic E-state index is 0.0408. The fraction of sp³-hybridized carbons (Fsp3) is 0.241. The Hall–Kier alpha value is -3.79. The summed E-state index contributed by atoms with van der Waals surface area (Å²) < 4.78 is 19.3. The van der Waals surface area contributed by atoms with E-state index in [0.717, 1.165) is 4.90 Å². The van der Waals surface area contributed by atoms with Crippen LogP contribution in [0.15, 0.2) is 66.7 Å². The fourth-order valence-electron chi connectivity index (χ4n) is 4.87. The van der Waals surface area contributed by atoms with Crippen molar-refractivity contribution in [3.05, 3.63) is 93.7 Å². The normalized spacial score (nSPS) is 17.8.